The largest absolute Gasteiger partial charge is 0.340 e. The molecule has 1 N–H and O–H groups in total. The van der Waals surface area contributed by atoms with E-state index in [0.717, 1.165) is 48.3 Å². The zero-order valence-electron chi connectivity index (χ0n) is 22.5. The van der Waals surface area contributed by atoms with Crippen molar-refractivity contribution in [3.05, 3.63) is 88.1 Å². The molecule has 0 bridgehead atoms. The molecule has 38 heavy (non-hydrogen) atoms. The number of hydrogen-bond donors (Lipinski definition) is 1. The Bertz CT molecular complexity index is 1290. The van der Waals surface area contributed by atoms with E-state index in [2.05, 4.69) is 60.3 Å². The molecule has 1 saturated heterocycles. The number of hydrogen-bond acceptors (Lipinski definition) is 6. The molecule has 0 aliphatic carbocycles. The molecule has 198 valence electrons. The molecule has 5 rings (SSSR count). The number of carbonyl (C=O) groups is 2. The summed E-state index contributed by atoms with van der Waals surface area (Å²) < 4.78 is 0. The molecule has 0 radical (unpaired) electrons. The van der Waals surface area contributed by atoms with Crippen LogP contribution in [0.3, 0.4) is 0 Å². The summed E-state index contributed by atoms with van der Waals surface area (Å²) >= 11 is 1.52. The lowest BCUT2D eigenvalue weighted by Gasteiger charge is -2.38. The van der Waals surface area contributed by atoms with E-state index < -0.39 is 0 Å². The Morgan fingerprint density at radius 3 is 2.37 bits per heavy atom. The molecule has 0 aromatic heterocycles. The van der Waals surface area contributed by atoms with E-state index in [0.29, 0.717) is 17.2 Å². The average molecular weight is 530 g/mol. The minimum Gasteiger partial charge on any atom is -0.340 e. The second-order valence-corrected chi connectivity index (χ2v) is 11.2. The Hall–Kier alpha value is -3.36. The van der Waals surface area contributed by atoms with Crippen LogP contribution in [0.5, 0.6) is 0 Å². The van der Waals surface area contributed by atoms with E-state index in [9.17, 15) is 9.59 Å². The Morgan fingerprint density at radius 1 is 1.03 bits per heavy atom. The van der Waals surface area contributed by atoms with Gasteiger partial charge in [-0.25, -0.2) is 4.99 Å². The van der Waals surface area contributed by atoms with Gasteiger partial charge in [-0.1, -0.05) is 68.1 Å². The molecule has 8 heteroatoms. The van der Waals surface area contributed by atoms with Crippen LogP contribution in [0, 0.1) is 0 Å². The van der Waals surface area contributed by atoms with Crippen LogP contribution in [0.4, 0.5) is 5.69 Å². The summed E-state index contributed by atoms with van der Waals surface area (Å²) in [5.74, 6) is 0.336. The number of para-hydroxylation sites is 1. The van der Waals surface area contributed by atoms with Crippen molar-refractivity contribution in [2.75, 3.05) is 38.5 Å². The predicted molar refractivity (Wildman–Crippen MR) is 155 cm³/mol. The summed E-state index contributed by atoms with van der Waals surface area (Å²) in [5.41, 5.74) is 5.14. The fourth-order valence-corrected chi connectivity index (χ4v) is 6.05. The maximum absolute atomic E-state index is 13.8. The first-order chi connectivity index (χ1) is 18.3. The molecule has 3 aliphatic heterocycles. The van der Waals surface area contributed by atoms with Gasteiger partial charge in [0.2, 0.25) is 5.91 Å². The van der Waals surface area contributed by atoms with Crippen molar-refractivity contribution in [1.82, 2.24) is 14.7 Å². The third-order valence-corrected chi connectivity index (χ3v) is 8.27. The molecule has 1 fully saturated rings. The van der Waals surface area contributed by atoms with Gasteiger partial charge in [-0.2, -0.15) is 0 Å². The molecule has 0 spiro atoms. The number of amidine groups is 1. The van der Waals surface area contributed by atoms with Crippen LogP contribution >= 0.6 is 11.8 Å². The van der Waals surface area contributed by atoms with E-state index >= 15 is 0 Å². The minimum atomic E-state index is -0.381. The first kappa shape index (κ1) is 26.3. The number of benzene rings is 2. The van der Waals surface area contributed by atoms with Gasteiger partial charge in [0.1, 0.15) is 0 Å². The normalized spacial score (nSPS) is 19.9. The highest BCUT2D eigenvalue weighted by molar-refractivity contribution is 8.16. The lowest BCUT2D eigenvalue weighted by Crippen LogP contribution is -2.47. The van der Waals surface area contributed by atoms with Gasteiger partial charge in [0.25, 0.3) is 5.91 Å². The van der Waals surface area contributed by atoms with Crippen LogP contribution in [0.1, 0.15) is 50.3 Å². The Morgan fingerprint density at radius 2 is 1.71 bits per heavy atom. The van der Waals surface area contributed by atoms with Gasteiger partial charge in [0.05, 0.1) is 23.7 Å². The molecular weight excluding hydrogens is 494 g/mol. The topological polar surface area (TPSA) is 68.2 Å². The fourth-order valence-electron chi connectivity index (χ4n) is 5.08. The zero-order valence-corrected chi connectivity index (χ0v) is 23.3. The van der Waals surface area contributed by atoms with Gasteiger partial charge >= 0.3 is 0 Å². The fraction of sp³-hybridized carbons (Fsp3) is 0.367. The number of fused-ring (bicyclic) bond motifs is 1. The highest BCUT2D eigenvalue weighted by Gasteiger charge is 2.41. The Kier molecular flexibility index (Phi) is 7.72. The number of likely N-dealkylation sites (N-methyl/N-ethyl adjacent to an activating group) is 1. The average Bonchev–Trinajstić information content (AvgIpc) is 3.30. The smallest absolute Gasteiger partial charge is 0.255 e. The van der Waals surface area contributed by atoms with Crippen molar-refractivity contribution in [3.63, 3.8) is 0 Å². The third-order valence-electron chi connectivity index (χ3n) is 7.38. The van der Waals surface area contributed by atoms with Crippen molar-refractivity contribution in [2.24, 2.45) is 4.99 Å². The quantitative estimate of drug-likeness (QED) is 0.558. The van der Waals surface area contributed by atoms with Crippen LogP contribution in [0.25, 0.3) is 0 Å². The number of nitrogens with zero attached hydrogens (tertiary/aromatic N) is 4. The van der Waals surface area contributed by atoms with E-state index in [-0.39, 0.29) is 24.3 Å². The van der Waals surface area contributed by atoms with Crippen molar-refractivity contribution >= 4 is 34.4 Å². The standard InChI is InChI=1S/C30H35N5O2S/c1-20(2)22-10-12-23(13-11-22)28-27(29(37)32-24-8-6-5-7-9-24)21(3)31-30-35(28)25(19-38-30)18-26(36)34-16-14-33(4)15-17-34/h5-13,19-20,28H,14-18H2,1-4H3,(H,32,37)/t28-/m1/s1. The summed E-state index contributed by atoms with van der Waals surface area (Å²) in [7, 11) is 2.08. The van der Waals surface area contributed by atoms with Gasteiger partial charge in [0, 0.05) is 37.6 Å². The molecule has 7 nitrogen and oxygen atoms in total. The molecule has 1 atom stereocenters. The van der Waals surface area contributed by atoms with E-state index in [1.807, 2.05) is 47.6 Å². The van der Waals surface area contributed by atoms with E-state index in [1.54, 1.807) is 0 Å². The summed E-state index contributed by atoms with van der Waals surface area (Å²) in [5, 5.41) is 5.89. The maximum Gasteiger partial charge on any atom is 0.255 e. The number of allylic oxidation sites excluding steroid dienone is 1. The van der Waals surface area contributed by atoms with E-state index in [1.165, 1.54) is 17.3 Å². The molecule has 2 aromatic rings. The number of nitrogens with one attached hydrogen (secondary N) is 1. The van der Waals surface area contributed by atoms with Gasteiger partial charge in [0.15, 0.2) is 5.17 Å². The highest BCUT2D eigenvalue weighted by atomic mass is 32.2. The van der Waals surface area contributed by atoms with Gasteiger partial charge in [-0.3, -0.25) is 9.59 Å². The molecule has 2 aromatic carbocycles. The second kappa shape index (κ2) is 11.2. The first-order valence-electron chi connectivity index (χ1n) is 13.2. The van der Waals surface area contributed by atoms with Crippen LogP contribution < -0.4 is 5.32 Å². The van der Waals surface area contributed by atoms with Crippen molar-refractivity contribution in [3.8, 4) is 0 Å². The summed E-state index contributed by atoms with van der Waals surface area (Å²) in [4.78, 5) is 38.2. The summed E-state index contributed by atoms with van der Waals surface area (Å²) in [6, 6.07) is 17.6. The number of rotatable bonds is 6. The molecule has 2 amide bonds. The lowest BCUT2D eigenvalue weighted by atomic mass is 9.91. The molecule has 0 saturated carbocycles. The van der Waals surface area contributed by atoms with Crippen molar-refractivity contribution < 1.29 is 9.59 Å². The van der Waals surface area contributed by atoms with Crippen molar-refractivity contribution in [1.29, 1.82) is 0 Å². The maximum atomic E-state index is 13.8. The Labute approximate surface area is 229 Å². The van der Waals surface area contributed by atoms with Crippen LogP contribution in [-0.4, -0.2) is 64.9 Å². The SMILES string of the molecule is CC1=C(C(=O)Nc2ccccc2)[C@@H](c2ccc(C(C)C)cc2)N2C(CC(=O)N3CCN(C)CC3)=CSC2=N1. The summed E-state index contributed by atoms with van der Waals surface area (Å²) in [6.45, 7) is 9.48. The lowest BCUT2D eigenvalue weighted by molar-refractivity contribution is -0.132. The van der Waals surface area contributed by atoms with Gasteiger partial charge in [-0.15, -0.1) is 0 Å². The van der Waals surface area contributed by atoms with Crippen LogP contribution in [0.2, 0.25) is 0 Å². The third kappa shape index (κ3) is 5.42. The van der Waals surface area contributed by atoms with Crippen molar-refractivity contribution in [2.45, 2.75) is 39.2 Å². The van der Waals surface area contributed by atoms with Crippen LogP contribution in [-0.2, 0) is 9.59 Å². The number of carbonyl (C=O) groups excluding carboxylic acids is 2. The number of piperazine rings is 1. The monoisotopic (exact) mass is 529 g/mol. The van der Waals surface area contributed by atoms with Gasteiger partial charge < -0.3 is 20.0 Å². The molecule has 3 aliphatic rings. The second-order valence-electron chi connectivity index (χ2n) is 10.4. The number of amides is 2. The van der Waals surface area contributed by atoms with Gasteiger partial charge in [-0.05, 0) is 48.6 Å². The first-order valence-corrected chi connectivity index (χ1v) is 14.1. The minimum absolute atomic E-state index is 0.113. The number of aliphatic imine (C=N–C) groups is 1. The number of anilines is 1. The van der Waals surface area contributed by atoms with E-state index in [4.69, 9.17) is 4.99 Å². The molecular formula is C30H35N5O2S. The van der Waals surface area contributed by atoms with Crippen LogP contribution in [0.15, 0.2) is 82.0 Å². The zero-order chi connectivity index (χ0) is 26.8. The molecule has 0 unspecified atom stereocenters. The predicted octanol–water partition coefficient (Wildman–Crippen LogP) is 5.19. The summed E-state index contributed by atoms with van der Waals surface area (Å²) in [6.07, 6.45) is 0.281. The molecule has 3 heterocycles. The Balaban J connectivity index is 1.48. The number of thioether (sulfide) groups is 1. The highest BCUT2D eigenvalue weighted by Crippen LogP contribution is 2.45.